The van der Waals surface area contributed by atoms with Crippen molar-refractivity contribution in [2.24, 2.45) is 4.99 Å². The summed E-state index contributed by atoms with van der Waals surface area (Å²) in [5.74, 6) is 1.24. The van der Waals surface area contributed by atoms with E-state index >= 15 is 0 Å². The molecular weight excluding hydrogens is 524 g/mol. The second kappa shape index (κ2) is 31.3. The number of unbranched alkanes of at least 4 members (excludes halogenated alkanes) is 28. The molecule has 0 aliphatic carbocycles. The third-order valence-corrected chi connectivity index (χ3v) is 10.00. The lowest BCUT2D eigenvalue weighted by atomic mass is 10.0. The molecule has 0 bridgehead atoms. The van der Waals surface area contributed by atoms with Crippen molar-refractivity contribution in [3.05, 3.63) is 12.2 Å². The van der Waals surface area contributed by atoms with Crippen LogP contribution >= 0.6 is 0 Å². The molecule has 0 radical (unpaired) electrons. The molecular formula is C40H79N2O+. The van der Waals surface area contributed by atoms with E-state index in [0.29, 0.717) is 0 Å². The molecule has 1 heterocycles. The molecule has 1 aliphatic heterocycles. The molecule has 1 rings (SSSR count). The second-order valence-corrected chi connectivity index (χ2v) is 14.0. The molecule has 1 unspecified atom stereocenters. The van der Waals surface area contributed by atoms with Crippen molar-refractivity contribution < 1.29 is 9.59 Å². The quantitative estimate of drug-likeness (QED) is 0.0576. The van der Waals surface area contributed by atoms with Crippen molar-refractivity contribution in [1.29, 1.82) is 0 Å². The van der Waals surface area contributed by atoms with E-state index in [2.05, 4.69) is 26.0 Å². The lowest BCUT2D eigenvalue weighted by molar-refractivity contribution is -0.834. The molecule has 254 valence electrons. The number of nitrogens with zero attached hydrogens (tertiary/aromatic N) is 2. The summed E-state index contributed by atoms with van der Waals surface area (Å²) in [6, 6.07) is 0. The molecule has 0 spiro atoms. The lowest BCUT2D eigenvalue weighted by Crippen LogP contribution is -2.52. The summed E-state index contributed by atoms with van der Waals surface area (Å²) in [6.07, 6.45) is 46.9. The van der Waals surface area contributed by atoms with Crippen LogP contribution in [-0.2, 0) is 0 Å². The topological polar surface area (TPSA) is 32.6 Å². The Morgan fingerprint density at radius 1 is 0.512 bits per heavy atom. The highest BCUT2D eigenvalue weighted by Gasteiger charge is 2.35. The van der Waals surface area contributed by atoms with Crippen molar-refractivity contribution in [2.75, 3.05) is 32.8 Å². The molecule has 0 aromatic heterocycles. The highest BCUT2D eigenvalue weighted by molar-refractivity contribution is 5.88. The SMILES string of the molecule is CCCCCCCCCCCCCCC/C=C/C1=NCC[N+]1(CCO)CCCCCCCCCCCCCCCCCC. The number of amidine groups is 1. The van der Waals surface area contributed by atoms with Gasteiger partial charge in [-0.2, -0.15) is 0 Å². The van der Waals surface area contributed by atoms with E-state index in [1.165, 1.54) is 198 Å². The van der Waals surface area contributed by atoms with Crippen LogP contribution in [0.5, 0.6) is 0 Å². The Morgan fingerprint density at radius 2 is 0.884 bits per heavy atom. The number of hydrogen-bond acceptors (Lipinski definition) is 2. The summed E-state index contributed by atoms with van der Waals surface area (Å²) < 4.78 is 0.921. The maximum atomic E-state index is 9.85. The van der Waals surface area contributed by atoms with Crippen molar-refractivity contribution in [2.45, 2.75) is 206 Å². The van der Waals surface area contributed by atoms with E-state index in [-0.39, 0.29) is 6.61 Å². The standard InChI is InChI=1S/C40H79N2O/c1-3-5-7-9-11-13-15-17-19-21-23-25-27-29-31-33-36-42(38-39-43)37-35-41-40(42)34-32-30-28-26-24-22-20-18-16-14-12-10-8-6-4-2/h32,34,43H,3-31,33,35-39H2,1-2H3/q+1/b34-32+. The number of aliphatic imine (C=N–C) groups is 1. The smallest absolute Gasteiger partial charge is 0.222 e. The Bertz CT molecular complexity index is 630. The summed E-state index contributed by atoms with van der Waals surface area (Å²) in [7, 11) is 0. The minimum atomic E-state index is 0.268. The summed E-state index contributed by atoms with van der Waals surface area (Å²) in [5, 5.41) is 9.85. The van der Waals surface area contributed by atoms with Crippen LogP contribution in [0.3, 0.4) is 0 Å². The first kappa shape index (κ1) is 40.4. The van der Waals surface area contributed by atoms with E-state index in [0.717, 1.165) is 30.7 Å². The monoisotopic (exact) mass is 604 g/mol. The zero-order valence-corrected chi connectivity index (χ0v) is 29.7. The second-order valence-electron chi connectivity index (χ2n) is 14.0. The fourth-order valence-electron chi connectivity index (χ4n) is 7.02. The maximum Gasteiger partial charge on any atom is 0.222 e. The average Bonchev–Trinajstić information content (AvgIpc) is 3.41. The predicted octanol–water partition coefficient (Wildman–Crippen LogP) is 12.5. The summed E-state index contributed by atoms with van der Waals surface area (Å²) in [6.45, 7) is 8.86. The lowest BCUT2D eigenvalue weighted by Gasteiger charge is -2.33. The Kier molecular flexibility index (Phi) is 29.4. The summed E-state index contributed by atoms with van der Waals surface area (Å²) in [4.78, 5) is 4.89. The van der Waals surface area contributed by atoms with Gasteiger partial charge in [0, 0.05) is 6.08 Å². The van der Waals surface area contributed by atoms with Gasteiger partial charge in [-0.1, -0.05) is 187 Å². The van der Waals surface area contributed by atoms with Crippen LogP contribution in [0.15, 0.2) is 17.1 Å². The van der Waals surface area contributed by atoms with Crippen LogP contribution in [0, 0.1) is 0 Å². The van der Waals surface area contributed by atoms with Crippen LogP contribution < -0.4 is 0 Å². The van der Waals surface area contributed by atoms with Gasteiger partial charge >= 0.3 is 0 Å². The van der Waals surface area contributed by atoms with Gasteiger partial charge in [-0.3, -0.25) is 4.48 Å². The predicted molar refractivity (Wildman–Crippen MR) is 193 cm³/mol. The van der Waals surface area contributed by atoms with Gasteiger partial charge in [0.1, 0.15) is 13.1 Å². The summed E-state index contributed by atoms with van der Waals surface area (Å²) in [5.41, 5.74) is 0. The number of aliphatic hydroxyl groups is 1. The average molecular weight is 604 g/mol. The largest absolute Gasteiger partial charge is 0.390 e. The van der Waals surface area contributed by atoms with Crippen LogP contribution in [0.25, 0.3) is 0 Å². The van der Waals surface area contributed by atoms with Gasteiger partial charge in [0.25, 0.3) is 0 Å². The third-order valence-electron chi connectivity index (χ3n) is 10.00. The number of allylic oxidation sites excluding steroid dienone is 1. The number of rotatable bonds is 34. The first-order chi connectivity index (χ1) is 21.3. The Morgan fingerprint density at radius 3 is 1.28 bits per heavy atom. The molecule has 0 aromatic rings. The van der Waals surface area contributed by atoms with Gasteiger partial charge in [-0.25, -0.2) is 4.99 Å². The maximum absolute atomic E-state index is 9.85. The van der Waals surface area contributed by atoms with Crippen molar-refractivity contribution in [1.82, 2.24) is 0 Å². The van der Waals surface area contributed by atoms with Crippen molar-refractivity contribution in [3.63, 3.8) is 0 Å². The Balaban J connectivity index is 2.03. The third kappa shape index (κ3) is 23.3. The highest BCUT2D eigenvalue weighted by atomic mass is 16.3. The van der Waals surface area contributed by atoms with E-state index in [1.54, 1.807) is 0 Å². The van der Waals surface area contributed by atoms with Crippen LogP contribution in [-0.4, -0.2) is 48.2 Å². The molecule has 1 N–H and O–H groups in total. The minimum absolute atomic E-state index is 0.268. The first-order valence-corrected chi connectivity index (χ1v) is 20.0. The summed E-state index contributed by atoms with van der Waals surface area (Å²) >= 11 is 0. The molecule has 1 atom stereocenters. The molecule has 0 saturated carbocycles. The molecule has 0 amide bonds. The normalized spacial score (nSPS) is 17.0. The van der Waals surface area contributed by atoms with Crippen LogP contribution in [0.4, 0.5) is 0 Å². The van der Waals surface area contributed by atoms with Gasteiger partial charge in [0.2, 0.25) is 5.84 Å². The van der Waals surface area contributed by atoms with Crippen LogP contribution in [0.1, 0.15) is 206 Å². The number of aliphatic hydroxyl groups excluding tert-OH is 1. The van der Waals surface area contributed by atoms with Gasteiger partial charge in [-0.05, 0) is 25.7 Å². The molecule has 3 nitrogen and oxygen atoms in total. The molecule has 1 aliphatic rings. The Labute approximate surface area is 271 Å². The van der Waals surface area contributed by atoms with Gasteiger partial charge in [0.15, 0.2) is 0 Å². The number of quaternary nitrogens is 1. The highest BCUT2D eigenvalue weighted by Crippen LogP contribution is 2.20. The van der Waals surface area contributed by atoms with E-state index in [1.807, 2.05) is 0 Å². The van der Waals surface area contributed by atoms with E-state index < -0.39 is 0 Å². The molecule has 3 heteroatoms. The van der Waals surface area contributed by atoms with Crippen molar-refractivity contribution in [3.8, 4) is 0 Å². The van der Waals surface area contributed by atoms with Gasteiger partial charge in [0.05, 0.1) is 19.7 Å². The molecule has 0 saturated heterocycles. The van der Waals surface area contributed by atoms with E-state index in [9.17, 15) is 5.11 Å². The zero-order chi connectivity index (χ0) is 30.9. The molecule has 0 aromatic carbocycles. The van der Waals surface area contributed by atoms with Crippen LogP contribution in [0.2, 0.25) is 0 Å². The van der Waals surface area contributed by atoms with Crippen molar-refractivity contribution >= 4 is 5.84 Å². The fraction of sp³-hybridized carbons (Fsp3) is 0.925. The van der Waals surface area contributed by atoms with Gasteiger partial charge in [-0.15, -0.1) is 0 Å². The minimum Gasteiger partial charge on any atom is -0.390 e. The molecule has 0 fully saturated rings. The number of hydrogen-bond donors (Lipinski definition) is 1. The Hall–Kier alpha value is -0.670. The van der Waals surface area contributed by atoms with E-state index in [4.69, 9.17) is 4.99 Å². The van der Waals surface area contributed by atoms with Gasteiger partial charge < -0.3 is 5.11 Å². The fourth-order valence-corrected chi connectivity index (χ4v) is 7.02. The molecule has 43 heavy (non-hydrogen) atoms. The zero-order valence-electron chi connectivity index (χ0n) is 29.7. The first-order valence-electron chi connectivity index (χ1n) is 20.0.